The van der Waals surface area contributed by atoms with Gasteiger partial charge < -0.3 is 5.32 Å². The van der Waals surface area contributed by atoms with Crippen LogP contribution in [0.2, 0.25) is 5.02 Å². The zero-order valence-corrected chi connectivity index (χ0v) is 23.4. The number of halogens is 1. The van der Waals surface area contributed by atoms with Gasteiger partial charge in [0.1, 0.15) is 5.82 Å². The van der Waals surface area contributed by atoms with Crippen molar-refractivity contribution in [2.24, 2.45) is 7.05 Å². The molecule has 0 aliphatic carbocycles. The van der Waals surface area contributed by atoms with Crippen LogP contribution in [0.1, 0.15) is 86.6 Å². The van der Waals surface area contributed by atoms with E-state index in [1.165, 1.54) is 40.1 Å². The minimum absolute atomic E-state index is 0.0776. The quantitative estimate of drug-likeness (QED) is 0.305. The molecule has 1 atom stereocenters. The van der Waals surface area contributed by atoms with Gasteiger partial charge in [-0.2, -0.15) is 5.10 Å². The maximum Gasteiger partial charge on any atom is 0.129 e. The molecular weight excluding hydrogens is 464 g/mol. The highest BCUT2D eigenvalue weighted by Crippen LogP contribution is 2.35. The SMILES string of the molecule is C=C(C)CC(Cc1cc(CCCc2ccc3c(n2)NCCC3)n(C)n1)c1cc(C(C)(C)C)ccc1Cl. The van der Waals surface area contributed by atoms with Crippen LogP contribution < -0.4 is 5.32 Å². The standard InChI is InChI=1S/C31H41ClN4/c1-21(2)17-23(28-19-24(31(3,4)5)13-15-29(28)32)18-26-20-27(36(6)35-26)11-7-10-25-14-12-22-9-8-16-33-30(22)34-25/h12-15,19-20,23H,1,7-11,16-18H2,2-6H3,(H,33,34). The number of allylic oxidation sites excluding steroid dienone is 1. The van der Waals surface area contributed by atoms with Crippen molar-refractivity contribution >= 4 is 17.4 Å². The second-order valence-electron chi connectivity index (χ2n) is 11.5. The summed E-state index contributed by atoms with van der Waals surface area (Å²) in [4.78, 5) is 4.85. The fraction of sp³-hybridized carbons (Fsp3) is 0.484. The number of rotatable bonds is 9. The number of fused-ring (bicyclic) bond motifs is 1. The fourth-order valence-corrected chi connectivity index (χ4v) is 5.42. The normalized spacial score (nSPS) is 14.3. The molecule has 0 radical (unpaired) electrons. The third-order valence-electron chi connectivity index (χ3n) is 7.20. The lowest BCUT2D eigenvalue weighted by atomic mass is 9.82. The Balaban J connectivity index is 1.45. The molecule has 1 aromatic carbocycles. The summed E-state index contributed by atoms with van der Waals surface area (Å²) in [5.74, 6) is 1.34. The number of aryl methyl sites for hydroxylation is 4. The first-order chi connectivity index (χ1) is 17.1. The topological polar surface area (TPSA) is 42.7 Å². The molecule has 1 unspecified atom stereocenters. The molecule has 192 valence electrons. The van der Waals surface area contributed by atoms with Crippen LogP contribution >= 0.6 is 11.6 Å². The Morgan fingerprint density at radius 3 is 2.69 bits per heavy atom. The van der Waals surface area contributed by atoms with Gasteiger partial charge in [-0.15, -0.1) is 6.58 Å². The van der Waals surface area contributed by atoms with Crippen molar-refractivity contribution in [1.29, 1.82) is 0 Å². The number of hydrogen-bond acceptors (Lipinski definition) is 3. The average molecular weight is 505 g/mol. The molecular formula is C31H41ClN4. The third kappa shape index (κ3) is 6.59. The number of nitrogens with zero attached hydrogens (tertiary/aromatic N) is 3. The van der Waals surface area contributed by atoms with Crippen LogP contribution in [-0.2, 0) is 38.1 Å². The van der Waals surface area contributed by atoms with Gasteiger partial charge in [0.25, 0.3) is 0 Å². The van der Waals surface area contributed by atoms with Crippen LogP contribution in [0.3, 0.4) is 0 Å². The molecule has 0 amide bonds. The second kappa shape index (κ2) is 11.2. The summed E-state index contributed by atoms with van der Waals surface area (Å²) in [5, 5.41) is 9.16. The largest absolute Gasteiger partial charge is 0.370 e. The maximum atomic E-state index is 6.73. The minimum Gasteiger partial charge on any atom is -0.370 e. The van der Waals surface area contributed by atoms with Gasteiger partial charge in [-0.3, -0.25) is 4.68 Å². The number of anilines is 1. The van der Waals surface area contributed by atoms with Crippen LogP contribution in [0, 0.1) is 0 Å². The number of nitrogens with one attached hydrogen (secondary N) is 1. The molecule has 36 heavy (non-hydrogen) atoms. The van der Waals surface area contributed by atoms with E-state index in [0.717, 1.165) is 61.6 Å². The highest BCUT2D eigenvalue weighted by Gasteiger charge is 2.22. The van der Waals surface area contributed by atoms with Crippen LogP contribution in [0.15, 0.2) is 48.6 Å². The molecule has 0 bridgehead atoms. The second-order valence-corrected chi connectivity index (χ2v) is 11.9. The van der Waals surface area contributed by atoms with E-state index in [9.17, 15) is 0 Å². The van der Waals surface area contributed by atoms with E-state index in [4.69, 9.17) is 21.7 Å². The Morgan fingerprint density at radius 1 is 1.14 bits per heavy atom. The summed E-state index contributed by atoms with van der Waals surface area (Å²) in [6.07, 6.45) is 7.09. The van der Waals surface area contributed by atoms with Crippen molar-refractivity contribution in [2.75, 3.05) is 11.9 Å². The fourth-order valence-electron chi connectivity index (χ4n) is 5.15. The van der Waals surface area contributed by atoms with E-state index < -0.39 is 0 Å². The molecule has 0 saturated carbocycles. The Morgan fingerprint density at radius 2 is 1.94 bits per heavy atom. The van der Waals surface area contributed by atoms with Gasteiger partial charge >= 0.3 is 0 Å². The smallest absolute Gasteiger partial charge is 0.129 e. The number of pyridine rings is 1. The summed E-state index contributed by atoms with van der Waals surface area (Å²) in [6.45, 7) is 14.1. The van der Waals surface area contributed by atoms with Crippen LogP contribution in [0.25, 0.3) is 0 Å². The molecule has 0 spiro atoms. The van der Waals surface area contributed by atoms with Gasteiger partial charge in [-0.1, -0.05) is 56.1 Å². The van der Waals surface area contributed by atoms with Gasteiger partial charge in [-0.05, 0) is 98.1 Å². The van der Waals surface area contributed by atoms with Crippen molar-refractivity contribution < 1.29 is 0 Å². The van der Waals surface area contributed by atoms with E-state index in [-0.39, 0.29) is 11.3 Å². The van der Waals surface area contributed by atoms with Crippen LogP contribution in [0.4, 0.5) is 5.82 Å². The van der Waals surface area contributed by atoms with Gasteiger partial charge in [-0.25, -0.2) is 4.98 Å². The first-order valence-electron chi connectivity index (χ1n) is 13.3. The number of hydrogen-bond donors (Lipinski definition) is 1. The monoisotopic (exact) mass is 504 g/mol. The molecule has 1 aliphatic heterocycles. The molecule has 0 saturated heterocycles. The highest BCUT2D eigenvalue weighted by atomic mass is 35.5. The van der Waals surface area contributed by atoms with Gasteiger partial charge in [0, 0.05) is 30.0 Å². The maximum absolute atomic E-state index is 6.73. The number of aromatic nitrogens is 3. The Bertz CT molecular complexity index is 1220. The van der Waals surface area contributed by atoms with Gasteiger partial charge in [0.05, 0.1) is 5.69 Å². The summed E-state index contributed by atoms with van der Waals surface area (Å²) in [7, 11) is 2.06. The van der Waals surface area contributed by atoms with Crippen molar-refractivity contribution in [1.82, 2.24) is 14.8 Å². The van der Waals surface area contributed by atoms with Crippen molar-refractivity contribution in [3.8, 4) is 0 Å². The van der Waals surface area contributed by atoms with Crippen molar-refractivity contribution in [2.45, 2.75) is 84.0 Å². The van der Waals surface area contributed by atoms with E-state index in [2.05, 4.69) is 83.0 Å². The lowest BCUT2D eigenvalue weighted by Crippen LogP contribution is -2.14. The van der Waals surface area contributed by atoms with Crippen LogP contribution in [-0.4, -0.2) is 21.3 Å². The molecule has 4 rings (SSSR count). The third-order valence-corrected chi connectivity index (χ3v) is 7.54. The summed E-state index contributed by atoms with van der Waals surface area (Å²) < 4.78 is 2.04. The van der Waals surface area contributed by atoms with E-state index in [0.29, 0.717) is 0 Å². The molecule has 1 N–H and O–H groups in total. The minimum atomic E-state index is 0.0776. The van der Waals surface area contributed by atoms with Gasteiger partial charge in [0.2, 0.25) is 0 Å². The molecule has 1 aliphatic rings. The Kier molecular flexibility index (Phi) is 8.24. The van der Waals surface area contributed by atoms with E-state index in [1.54, 1.807) is 0 Å². The lowest BCUT2D eigenvalue weighted by molar-refractivity contribution is 0.585. The van der Waals surface area contributed by atoms with E-state index in [1.807, 2.05) is 4.68 Å². The Labute approximate surface area is 222 Å². The molecule has 3 heterocycles. The molecule has 5 heteroatoms. The van der Waals surface area contributed by atoms with Crippen molar-refractivity contribution in [3.05, 3.63) is 87.3 Å². The molecule has 2 aromatic heterocycles. The molecule has 3 aromatic rings. The molecule has 0 fully saturated rings. The summed E-state index contributed by atoms with van der Waals surface area (Å²) >= 11 is 6.73. The number of benzene rings is 1. The average Bonchev–Trinajstić information content (AvgIpc) is 3.16. The predicted octanol–water partition coefficient (Wildman–Crippen LogP) is 7.59. The van der Waals surface area contributed by atoms with Gasteiger partial charge in [0.15, 0.2) is 0 Å². The van der Waals surface area contributed by atoms with Crippen LogP contribution in [0.5, 0.6) is 0 Å². The summed E-state index contributed by atoms with van der Waals surface area (Å²) in [5.41, 5.74) is 8.65. The van der Waals surface area contributed by atoms with Crippen molar-refractivity contribution in [3.63, 3.8) is 0 Å². The first kappa shape index (κ1) is 26.5. The molecule has 4 nitrogen and oxygen atoms in total. The zero-order valence-electron chi connectivity index (χ0n) is 22.6. The zero-order chi connectivity index (χ0) is 25.9. The predicted molar refractivity (Wildman–Crippen MR) is 152 cm³/mol. The Hall–Kier alpha value is -2.59. The highest BCUT2D eigenvalue weighted by molar-refractivity contribution is 6.31. The lowest BCUT2D eigenvalue weighted by Gasteiger charge is -2.24. The summed E-state index contributed by atoms with van der Waals surface area (Å²) in [6, 6.07) is 13.2. The first-order valence-corrected chi connectivity index (χ1v) is 13.7. The van der Waals surface area contributed by atoms with E-state index >= 15 is 0 Å².